The van der Waals surface area contributed by atoms with Crippen LogP contribution in [0.5, 0.6) is 5.75 Å². The molecule has 5 heteroatoms. The van der Waals surface area contributed by atoms with Crippen molar-refractivity contribution in [1.82, 2.24) is 0 Å². The van der Waals surface area contributed by atoms with Gasteiger partial charge in [-0.1, -0.05) is 13.8 Å². The minimum Gasteiger partial charge on any atom is -0.495 e. The molecule has 0 aliphatic heterocycles. The highest BCUT2D eigenvalue weighted by atomic mass is 79.9. The standard InChI is InChI=1S/C7H6BrNO3.C2H6/c1-12-7-4-5(9(10)11)2-3-6(7)8;1-2/h2-4H,1H3;1-2H3. The van der Waals surface area contributed by atoms with Gasteiger partial charge in [0.25, 0.3) is 5.69 Å². The summed E-state index contributed by atoms with van der Waals surface area (Å²) in [6.45, 7) is 4.00. The monoisotopic (exact) mass is 261 g/mol. The predicted octanol–water partition coefficient (Wildman–Crippen LogP) is 3.39. The molecule has 0 spiro atoms. The van der Waals surface area contributed by atoms with E-state index in [-0.39, 0.29) is 5.69 Å². The van der Waals surface area contributed by atoms with Crippen molar-refractivity contribution < 1.29 is 9.66 Å². The van der Waals surface area contributed by atoms with E-state index in [1.54, 1.807) is 6.07 Å². The van der Waals surface area contributed by atoms with Gasteiger partial charge in [-0.3, -0.25) is 10.1 Å². The molecule has 0 fully saturated rings. The molecule has 0 bridgehead atoms. The summed E-state index contributed by atoms with van der Waals surface area (Å²) in [7, 11) is 1.46. The maximum Gasteiger partial charge on any atom is 0.273 e. The third-order valence-corrected chi connectivity index (χ3v) is 2.00. The van der Waals surface area contributed by atoms with E-state index >= 15 is 0 Å². The zero-order valence-electron chi connectivity index (χ0n) is 8.28. The quantitative estimate of drug-likeness (QED) is 0.606. The van der Waals surface area contributed by atoms with E-state index in [4.69, 9.17) is 4.74 Å². The Labute approximate surface area is 91.2 Å². The molecular weight excluding hydrogens is 250 g/mol. The van der Waals surface area contributed by atoms with E-state index in [1.807, 2.05) is 13.8 Å². The highest BCUT2D eigenvalue weighted by Gasteiger charge is 2.08. The molecule has 0 aliphatic rings. The Morgan fingerprint density at radius 3 is 2.43 bits per heavy atom. The third-order valence-electron chi connectivity index (χ3n) is 1.35. The van der Waals surface area contributed by atoms with Crippen LogP contribution in [0, 0.1) is 10.1 Å². The number of halogens is 1. The Kier molecular flexibility index (Phi) is 5.87. The van der Waals surface area contributed by atoms with Crippen molar-refractivity contribution in [2.75, 3.05) is 7.11 Å². The fourth-order valence-electron chi connectivity index (χ4n) is 0.762. The fraction of sp³-hybridized carbons (Fsp3) is 0.333. The molecule has 0 unspecified atom stereocenters. The highest BCUT2D eigenvalue weighted by Crippen LogP contribution is 2.28. The van der Waals surface area contributed by atoms with Crippen LogP contribution >= 0.6 is 15.9 Å². The lowest BCUT2D eigenvalue weighted by Crippen LogP contribution is -1.90. The van der Waals surface area contributed by atoms with E-state index in [1.165, 1.54) is 19.2 Å². The van der Waals surface area contributed by atoms with Crippen molar-refractivity contribution in [3.05, 3.63) is 32.8 Å². The Bertz CT molecular complexity index is 315. The van der Waals surface area contributed by atoms with Crippen LogP contribution in [-0.2, 0) is 0 Å². The van der Waals surface area contributed by atoms with E-state index in [0.29, 0.717) is 10.2 Å². The average molecular weight is 262 g/mol. The van der Waals surface area contributed by atoms with Crippen LogP contribution in [0.25, 0.3) is 0 Å². The lowest BCUT2D eigenvalue weighted by atomic mass is 10.3. The summed E-state index contributed by atoms with van der Waals surface area (Å²) in [6.07, 6.45) is 0. The van der Waals surface area contributed by atoms with Gasteiger partial charge in [-0.05, 0) is 22.0 Å². The predicted molar refractivity (Wildman–Crippen MR) is 58.7 cm³/mol. The molecule has 0 atom stereocenters. The maximum absolute atomic E-state index is 10.3. The Balaban J connectivity index is 0.000000791. The fourth-order valence-corrected chi connectivity index (χ4v) is 1.17. The van der Waals surface area contributed by atoms with Gasteiger partial charge in [0.2, 0.25) is 0 Å². The minimum atomic E-state index is -0.463. The lowest BCUT2D eigenvalue weighted by Gasteiger charge is -2.00. The van der Waals surface area contributed by atoms with Gasteiger partial charge in [0, 0.05) is 6.07 Å². The average Bonchev–Trinajstić information content (AvgIpc) is 2.21. The number of ether oxygens (including phenoxy) is 1. The summed E-state index contributed by atoms with van der Waals surface area (Å²) < 4.78 is 5.59. The summed E-state index contributed by atoms with van der Waals surface area (Å²) in [6, 6.07) is 4.35. The molecule has 0 aromatic heterocycles. The van der Waals surface area contributed by atoms with Crippen LogP contribution < -0.4 is 4.74 Å². The van der Waals surface area contributed by atoms with Gasteiger partial charge in [-0.25, -0.2) is 0 Å². The van der Waals surface area contributed by atoms with Gasteiger partial charge in [0.15, 0.2) is 0 Å². The molecule has 0 saturated carbocycles. The second kappa shape index (κ2) is 6.37. The molecular formula is C9H12BrNO3. The largest absolute Gasteiger partial charge is 0.495 e. The van der Waals surface area contributed by atoms with Gasteiger partial charge in [0.1, 0.15) is 5.75 Å². The highest BCUT2D eigenvalue weighted by molar-refractivity contribution is 9.10. The number of rotatable bonds is 2. The zero-order chi connectivity index (χ0) is 11.1. The zero-order valence-corrected chi connectivity index (χ0v) is 9.87. The first-order chi connectivity index (χ1) is 6.65. The molecule has 78 valence electrons. The minimum absolute atomic E-state index is 0.0232. The van der Waals surface area contributed by atoms with Crippen molar-refractivity contribution in [3.8, 4) is 5.75 Å². The summed E-state index contributed by atoms with van der Waals surface area (Å²) in [5, 5.41) is 10.3. The number of methoxy groups -OCH3 is 1. The molecule has 0 amide bonds. The summed E-state index contributed by atoms with van der Waals surface area (Å²) in [5.74, 6) is 0.462. The topological polar surface area (TPSA) is 52.4 Å². The number of nitrogens with zero attached hydrogens (tertiary/aromatic N) is 1. The van der Waals surface area contributed by atoms with Crippen molar-refractivity contribution >= 4 is 21.6 Å². The molecule has 0 heterocycles. The molecule has 1 rings (SSSR count). The first-order valence-corrected chi connectivity index (χ1v) is 4.92. The summed E-state index contributed by atoms with van der Waals surface area (Å²) in [4.78, 5) is 9.85. The Morgan fingerprint density at radius 2 is 2.00 bits per heavy atom. The van der Waals surface area contributed by atoms with Crippen LogP contribution in [0.4, 0.5) is 5.69 Å². The molecule has 0 N–H and O–H groups in total. The first kappa shape index (κ1) is 12.9. The van der Waals surface area contributed by atoms with Crippen LogP contribution in [0.1, 0.15) is 13.8 Å². The van der Waals surface area contributed by atoms with E-state index in [0.717, 1.165) is 0 Å². The number of benzene rings is 1. The van der Waals surface area contributed by atoms with Gasteiger partial charge >= 0.3 is 0 Å². The molecule has 0 radical (unpaired) electrons. The van der Waals surface area contributed by atoms with Crippen LogP contribution in [0.2, 0.25) is 0 Å². The van der Waals surface area contributed by atoms with E-state index in [2.05, 4.69) is 15.9 Å². The van der Waals surface area contributed by atoms with E-state index < -0.39 is 4.92 Å². The lowest BCUT2D eigenvalue weighted by molar-refractivity contribution is -0.384. The molecule has 1 aromatic carbocycles. The van der Waals surface area contributed by atoms with Crippen LogP contribution in [0.3, 0.4) is 0 Å². The van der Waals surface area contributed by atoms with Crippen molar-refractivity contribution in [1.29, 1.82) is 0 Å². The number of hydrogen-bond acceptors (Lipinski definition) is 3. The number of nitro groups is 1. The summed E-state index contributed by atoms with van der Waals surface area (Å²) in [5.41, 5.74) is 0.0232. The van der Waals surface area contributed by atoms with Crippen molar-refractivity contribution in [2.24, 2.45) is 0 Å². The Morgan fingerprint density at radius 1 is 1.43 bits per heavy atom. The van der Waals surface area contributed by atoms with Gasteiger partial charge in [-0.2, -0.15) is 0 Å². The molecule has 14 heavy (non-hydrogen) atoms. The normalized spacial score (nSPS) is 8.57. The molecule has 0 aliphatic carbocycles. The number of non-ortho nitro benzene ring substituents is 1. The molecule has 0 saturated heterocycles. The second-order valence-corrected chi connectivity index (χ2v) is 2.93. The SMILES string of the molecule is CC.COc1cc([N+](=O)[O-])ccc1Br. The summed E-state index contributed by atoms with van der Waals surface area (Å²) >= 11 is 3.19. The van der Waals surface area contributed by atoms with Gasteiger partial charge in [-0.15, -0.1) is 0 Å². The first-order valence-electron chi connectivity index (χ1n) is 4.13. The van der Waals surface area contributed by atoms with Crippen molar-refractivity contribution in [2.45, 2.75) is 13.8 Å². The van der Waals surface area contributed by atoms with Crippen molar-refractivity contribution in [3.63, 3.8) is 0 Å². The van der Waals surface area contributed by atoms with Gasteiger partial charge in [0.05, 0.1) is 22.6 Å². The van der Waals surface area contributed by atoms with Crippen LogP contribution in [-0.4, -0.2) is 12.0 Å². The van der Waals surface area contributed by atoms with E-state index in [9.17, 15) is 10.1 Å². The smallest absolute Gasteiger partial charge is 0.273 e. The third kappa shape index (κ3) is 3.33. The number of hydrogen-bond donors (Lipinski definition) is 0. The molecule has 1 aromatic rings. The molecule has 4 nitrogen and oxygen atoms in total. The van der Waals surface area contributed by atoms with Crippen LogP contribution in [0.15, 0.2) is 22.7 Å². The second-order valence-electron chi connectivity index (χ2n) is 2.08. The Hall–Kier alpha value is -1.10. The van der Waals surface area contributed by atoms with Gasteiger partial charge < -0.3 is 4.74 Å². The maximum atomic E-state index is 10.3. The number of nitro benzene ring substituents is 1.